The van der Waals surface area contributed by atoms with E-state index >= 15 is 0 Å². The van der Waals surface area contributed by atoms with Crippen LogP contribution >= 0.6 is 0 Å². The quantitative estimate of drug-likeness (QED) is 0.579. The van der Waals surface area contributed by atoms with E-state index < -0.39 is 0 Å². The van der Waals surface area contributed by atoms with Crippen molar-refractivity contribution in [3.05, 3.63) is 0 Å². The number of hydrogen-bond donors (Lipinski definition) is 2. The van der Waals surface area contributed by atoms with Crippen LogP contribution in [0.15, 0.2) is 0 Å². The molecule has 84 valence electrons. The SMILES string of the molecule is CCN1CCOC(CNCCCO)C1. The molecular weight excluding hydrogens is 180 g/mol. The van der Waals surface area contributed by atoms with Crippen molar-refractivity contribution in [1.82, 2.24) is 10.2 Å². The van der Waals surface area contributed by atoms with Gasteiger partial charge in [-0.1, -0.05) is 6.92 Å². The molecule has 4 nitrogen and oxygen atoms in total. The zero-order valence-electron chi connectivity index (χ0n) is 9.04. The maximum atomic E-state index is 8.60. The molecule has 1 saturated heterocycles. The van der Waals surface area contributed by atoms with Gasteiger partial charge < -0.3 is 15.2 Å². The first-order chi connectivity index (χ1) is 6.86. The van der Waals surface area contributed by atoms with E-state index in [2.05, 4.69) is 17.1 Å². The highest BCUT2D eigenvalue weighted by Crippen LogP contribution is 2.03. The topological polar surface area (TPSA) is 44.7 Å². The second-order valence-corrected chi connectivity index (χ2v) is 3.67. The molecule has 1 atom stereocenters. The lowest BCUT2D eigenvalue weighted by Crippen LogP contribution is -2.46. The first kappa shape index (κ1) is 11.9. The van der Waals surface area contributed by atoms with E-state index in [0.717, 1.165) is 45.8 Å². The van der Waals surface area contributed by atoms with Crippen molar-refractivity contribution in [2.75, 3.05) is 45.9 Å². The summed E-state index contributed by atoms with van der Waals surface area (Å²) in [7, 11) is 0. The standard InChI is InChI=1S/C10H22N2O2/c1-2-12-5-7-14-10(9-12)8-11-4-3-6-13/h10-11,13H,2-9H2,1H3. The molecule has 1 unspecified atom stereocenters. The van der Waals surface area contributed by atoms with Gasteiger partial charge in [0, 0.05) is 26.2 Å². The number of nitrogens with one attached hydrogen (secondary N) is 1. The summed E-state index contributed by atoms with van der Waals surface area (Å²) in [5.74, 6) is 0. The second kappa shape index (κ2) is 7.17. The van der Waals surface area contributed by atoms with Crippen LogP contribution in [0.1, 0.15) is 13.3 Å². The zero-order valence-corrected chi connectivity index (χ0v) is 9.04. The smallest absolute Gasteiger partial charge is 0.0826 e. The van der Waals surface area contributed by atoms with E-state index in [1.807, 2.05) is 0 Å². The summed E-state index contributed by atoms with van der Waals surface area (Å²) in [4.78, 5) is 2.40. The Kier molecular flexibility index (Phi) is 6.10. The average molecular weight is 202 g/mol. The highest BCUT2D eigenvalue weighted by molar-refractivity contribution is 4.72. The lowest BCUT2D eigenvalue weighted by Gasteiger charge is -2.32. The molecule has 4 heteroatoms. The Balaban J connectivity index is 2.05. The average Bonchev–Trinajstić information content (AvgIpc) is 2.25. The van der Waals surface area contributed by atoms with Crippen LogP contribution in [0.2, 0.25) is 0 Å². The summed E-state index contributed by atoms with van der Waals surface area (Å²) >= 11 is 0. The number of morpholine rings is 1. The molecule has 0 amide bonds. The lowest BCUT2D eigenvalue weighted by atomic mass is 10.2. The van der Waals surface area contributed by atoms with Crippen LogP contribution in [0.3, 0.4) is 0 Å². The fourth-order valence-corrected chi connectivity index (χ4v) is 1.66. The van der Waals surface area contributed by atoms with E-state index in [4.69, 9.17) is 9.84 Å². The van der Waals surface area contributed by atoms with Crippen LogP contribution in [-0.4, -0.2) is 62.0 Å². The predicted molar refractivity (Wildman–Crippen MR) is 56.4 cm³/mol. The van der Waals surface area contributed by atoms with Crippen molar-refractivity contribution in [2.24, 2.45) is 0 Å². The largest absolute Gasteiger partial charge is 0.396 e. The molecule has 0 aromatic heterocycles. The zero-order chi connectivity index (χ0) is 10.2. The Morgan fingerprint density at radius 1 is 1.57 bits per heavy atom. The van der Waals surface area contributed by atoms with Gasteiger partial charge in [0.1, 0.15) is 0 Å². The van der Waals surface area contributed by atoms with Crippen LogP contribution in [0.5, 0.6) is 0 Å². The third-order valence-corrected chi connectivity index (χ3v) is 2.55. The maximum absolute atomic E-state index is 8.60. The van der Waals surface area contributed by atoms with Crippen LogP contribution in [-0.2, 0) is 4.74 Å². The van der Waals surface area contributed by atoms with Gasteiger partial charge in [-0.15, -0.1) is 0 Å². The van der Waals surface area contributed by atoms with Gasteiger partial charge in [-0.05, 0) is 19.5 Å². The Labute approximate surface area is 86.2 Å². The van der Waals surface area contributed by atoms with Crippen LogP contribution in [0.25, 0.3) is 0 Å². The highest BCUT2D eigenvalue weighted by atomic mass is 16.5. The van der Waals surface area contributed by atoms with Gasteiger partial charge in [0.05, 0.1) is 12.7 Å². The van der Waals surface area contributed by atoms with Gasteiger partial charge in [0.2, 0.25) is 0 Å². The Bertz CT molecular complexity index is 144. The van der Waals surface area contributed by atoms with Crippen molar-refractivity contribution in [3.63, 3.8) is 0 Å². The van der Waals surface area contributed by atoms with E-state index in [9.17, 15) is 0 Å². The molecule has 0 radical (unpaired) electrons. The van der Waals surface area contributed by atoms with Crippen LogP contribution in [0, 0.1) is 0 Å². The molecule has 14 heavy (non-hydrogen) atoms. The van der Waals surface area contributed by atoms with Crippen LogP contribution in [0.4, 0.5) is 0 Å². The monoisotopic (exact) mass is 202 g/mol. The Morgan fingerprint density at radius 2 is 2.43 bits per heavy atom. The van der Waals surface area contributed by atoms with E-state index in [1.54, 1.807) is 0 Å². The van der Waals surface area contributed by atoms with Gasteiger partial charge in [-0.3, -0.25) is 4.90 Å². The van der Waals surface area contributed by atoms with Crippen molar-refractivity contribution in [2.45, 2.75) is 19.4 Å². The molecule has 0 aromatic rings. The molecule has 2 N–H and O–H groups in total. The van der Waals surface area contributed by atoms with E-state index in [1.165, 1.54) is 0 Å². The number of aliphatic hydroxyl groups excluding tert-OH is 1. The van der Waals surface area contributed by atoms with Crippen LogP contribution < -0.4 is 5.32 Å². The molecule has 1 fully saturated rings. The predicted octanol–water partition coefficient (Wildman–Crippen LogP) is -0.321. The molecule has 0 bridgehead atoms. The van der Waals surface area contributed by atoms with E-state index in [0.29, 0.717) is 6.10 Å². The summed E-state index contributed by atoms with van der Waals surface area (Å²) in [6.07, 6.45) is 1.15. The summed E-state index contributed by atoms with van der Waals surface area (Å²) < 4.78 is 5.62. The Hall–Kier alpha value is -0.160. The second-order valence-electron chi connectivity index (χ2n) is 3.67. The molecule has 1 heterocycles. The fourth-order valence-electron chi connectivity index (χ4n) is 1.66. The number of rotatable bonds is 6. The third-order valence-electron chi connectivity index (χ3n) is 2.55. The minimum Gasteiger partial charge on any atom is -0.396 e. The van der Waals surface area contributed by atoms with Crippen molar-refractivity contribution >= 4 is 0 Å². The minimum absolute atomic E-state index is 0.264. The van der Waals surface area contributed by atoms with Crippen molar-refractivity contribution in [1.29, 1.82) is 0 Å². The first-order valence-electron chi connectivity index (χ1n) is 5.52. The summed E-state index contributed by atoms with van der Waals surface area (Å²) in [5.41, 5.74) is 0. The van der Waals surface area contributed by atoms with Crippen molar-refractivity contribution < 1.29 is 9.84 Å². The van der Waals surface area contributed by atoms with Crippen molar-refractivity contribution in [3.8, 4) is 0 Å². The summed E-state index contributed by atoms with van der Waals surface area (Å²) in [6, 6.07) is 0. The molecule has 1 aliphatic heterocycles. The first-order valence-corrected chi connectivity index (χ1v) is 5.52. The third kappa shape index (κ3) is 4.37. The molecule has 0 spiro atoms. The number of likely N-dealkylation sites (N-methyl/N-ethyl adjacent to an activating group) is 1. The normalized spacial score (nSPS) is 24.0. The number of ether oxygens (including phenoxy) is 1. The van der Waals surface area contributed by atoms with E-state index in [-0.39, 0.29) is 6.61 Å². The number of nitrogens with zero attached hydrogens (tertiary/aromatic N) is 1. The lowest BCUT2D eigenvalue weighted by molar-refractivity contribution is -0.0252. The highest BCUT2D eigenvalue weighted by Gasteiger charge is 2.18. The minimum atomic E-state index is 0.264. The number of hydrogen-bond acceptors (Lipinski definition) is 4. The maximum Gasteiger partial charge on any atom is 0.0826 e. The summed E-state index contributed by atoms with van der Waals surface area (Å²) in [5, 5.41) is 11.9. The molecule has 1 rings (SSSR count). The van der Waals surface area contributed by atoms with Gasteiger partial charge in [0.15, 0.2) is 0 Å². The number of aliphatic hydroxyl groups is 1. The molecule has 1 aliphatic rings. The molecular formula is C10H22N2O2. The van der Waals surface area contributed by atoms with Gasteiger partial charge in [0.25, 0.3) is 0 Å². The summed E-state index contributed by atoms with van der Waals surface area (Å²) in [6.45, 7) is 8.27. The molecule has 0 aromatic carbocycles. The molecule has 0 aliphatic carbocycles. The fraction of sp³-hybridized carbons (Fsp3) is 1.00. The van der Waals surface area contributed by atoms with Gasteiger partial charge in [-0.2, -0.15) is 0 Å². The van der Waals surface area contributed by atoms with Gasteiger partial charge >= 0.3 is 0 Å². The Morgan fingerprint density at radius 3 is 3.14 bits per heavy atom. The molecule has 0 saturated carbocycles. The van der Waals surface area contributed by atoms with Gasteiger partial charge in [-0.25, -0.2) is 0 Å².